The fourth-order valence-corrected chi connectivity index (χ4v) is 3.50. The van der Waals surface area contributed by atoms with Crippen molar-refractivity contribution in [3.05, 3.63) is 29.8 Å². The number of rotatable bonds is 11. The first kappa shape index (κ1) is 22.5. The smallest absolute Gasteiger partial charge is 0.191 e. The topological polar surface area (TPSA) is 64.1 Å². The number of nitrogens with one attached hydrogen (secondary N) is 2. The second-order valence-corrected chi connectivity index (χ2v) is 7.15. The molecule has 6 nitrogen and oxygen atoms in total. The zero-order valence-corrected chi connectivity index (χ0v) is 17.8. The maximum Gasteiger partial charge on any atom is 0.191 e. The summed E-state index contributed by atoms with van der Waals surface area (Å²) in [6.07, 6.45) is 4.10. The number of ether oxygens (including phenoxy) is 3. The second-order valence-electron chi connectivity index (χ2n) is 7.15. The molecule has 158 valence electrons. The molecule has 0 amide bonds. The quantitative estimate of drug-likeness (QED) is 0.345. The molecular weight excluding hydrogens is 354 g/mol. The van der Waals surface area contributed by atoms with Crippen molar-refractivity contribution < 1.29 is 14.2 Å². The van der Waals surface area contributed by atoms with Crippen molar-refractivity contribution in [2.45, 2.75) is 44.9 Å². The highest BCUT2D eigenvalue weighted by atomic mass is 16.5. The number of benzene rings is 1. The summed E-state index contributed by atoms with van der Waals surface area (Å²) < 4.78 is 16.4. The van der Waals surface area contributed by atoms with Crippen LogP contribution in [0.2, 0.25) is 0 Å². The van der Waals surface area contributed by atoms with E-state index >= 15 is 0 Å². The highest BCUT2D eigenvalue weighted by molar-refractivity contribution is 5.79. The zero-order valence-electron chi connectivity index (χ0n) is 17.8. The molecule has 1 aromatic rings. The third-order valence-electron chi connectivity index (χ3n) is 5.25. The molecule has 1 aliphatic rings. The zero-order chi connectivity index (χ0) is 20.1. The van der Waals surface area contributed by atoms with Crippen LogP contribution in [0.1, 0.15) is 45.1 Å². The highest BCUT2D eigenvalue weighted by Gasteiger charge is 2.34. The maximum atomic E-state index is 5.64. The van der Waals surface area contributed by atoms with Crippen LogP contribution >= 0.6 is 0 Å². The van der Waals surface area contributed by atoms with Gasteiger partial charge in [0, 0.05) is 44.9 Å². The van der Waals surface area contributed by atoms with Crippen molar-refractivity contribution in [1.29, 1.82) is 0 Å². The van der Waals surface area contributed by atoms with Gasteiger partial charge in [-0.1, -0.05) is 12.1 Å². The number of nitrogens with zero attached hydrogens (tertiary/aromatic N) is 1. The molecule has 1 saturated heterocycles. The van der Waals surface area contributed by atoms with Crippen molar-refractivity contribution in [2.24, 2.45) is 4.99 Å². The van der Waals surface area contributed by atoms with Crippen molar-refractivity contribution in [1.82, 2.24) is 10.6 Å². The Bertz CT molecular complexity index is 569. The van der Waals surface area contributed by atoms with Gasteiger partial charge in [-0.3, -0.25) is 4.99 Å². The Balaban J connectivity index is 2.01. The number of guanidine groups is 1. The summed E-state index contributed by atoms with van der Waals surface area (Å²) in [5, 5.41) is 6.82. The molecule has 2 rings (SSSR count). The van der Waals surface area contributed by atoms with E-state index in [1.807, 2.05) is 19.1 Å². The van der Waals surface area contributed by atoms with Gasteiger partial charge in [-0.05, 0) is 57.2 Å². The fraction of sp³-hybridized carbons (Fsp3) is 0.682. The molecule has 1 aliphatic heterocycles. The molecule has 0 bridgehead atoms. The number of unbranched alkanes of at least 4 members (excludes halogenated alkanes) is 1. The van der Waals surface area contributed by atoms with E-state index in [0.717, 1.165) is 83.5 Å². The van der Waals surface area contributed by atoms with Gasteiger partial charge in [-0.2, -0.15) is 0 Å². The van der Waals surface area contributed by atoms with Crippen LogP contribution in [-0.2, 0) is 14.9 Å². The Morgan fingerprint density at radius 2 is 1.86 bits per heavy atom. The SMILES string of the molecule is CCNC(=NCC1(c2ccc(OC)cc2)CCOCC1)NCCCCOCC. The number of aliphatic imine (C=N–C) groups is 1. The van der Waals surface area contributed by atoms with Crippen LogP contribution in [0.15, 0.2) is 29.3 Å². The van der Waals surface area contributed by atoms with E-state index in [2.05, 4.69) is 29.7 Å². The van der Waals surface area contributed by atoms with E-state index < -0.39 is 0 Å². The lowest BCUT2D eigenvalue weighted by molar-refractivity contribution is 0.0531. The Morgan fingerprint density at radius 3 is 2.50 bits per heavy atom. The number of methoxy groups -OCH3 is 1. The first-order valence-corrected chi connectivity index (χ1v) is 10.6. The monoisotopic (exact) mass is 391 g/mol. The molecule has 0 atom stereocenters. The molecule has 1 aromatic carbocycles. The molecule has 0 spiro atoms. The van der Waals surface area contributed by atoms with Crippen LogP contribution in [-0.4, -0.2) is 59.1 Å². The molecule has 2 N–H and O–H groups in total. The minimum Gasteiger partial charge on any atom is -0.497 e. The minimum absolute atomic E-state index is 0.0157. The summed E-state index contributed by atoms with van der Waals surface area (Å²) in [6.45, 7) is 9.80. The molecule has 0 aliphatic carbocycles. The van der Waals surface area contributed by atoms with E-state index in [9.17, 15) is 0 Å². The average molecular weight is 392 g/mol. The Kier molecular flexibility index (Phi) is 10.1. The van der Waals surface area contributed by atoms with Crippen molar-refractivity contribution in [3.63, 3.8) is 0 Å². The first-order valence-electron chi connectivity index (χ1n) is 10.6. The number of hydrogen-bond donors (Lipinski definition) is 2. The van der Waals surface area contributed by atoms with Crippen LogP contribution in [0.25, 0.3) is 0 Å². The summed E-state index contributed by atoms with van der Waals surface area (Å²) in [6, 6.07) is 8.43. The third kappa shape index (κ3) is 6.99. The molecule has 1 fully saturated rings. The number of hydrogen-bond acceptors (Lipinski definition) is 4. The van der Waals surface area contributed by atoms with E-state index in [1.165, 1.54) is 5.56 Å². The molecule has 0 radical (unpaired) electrons. The largest absolute Gasteiger partial charge is 0.497 e. The molecule has 6 heteroatoms. The van der Waals surface area contributed by atoms with E-state index in [4.69, 9.17) is 19.2 Å². The molecule has 0 aromatic heterocycles. The van der Waals surface area contributed by atoms with Crippen molar-refractivity contribution in [3.8, 4) is 5.75 Å². The second kappa shape index (κ2) is 12.6. The van der Waals surface area contributed by atoms with Crippen molar-refractivity contribution in [2.75, 3.05) is 53.2 Å². The standard InChI is InChI=1S/C22H37N3O3/c1-4-23-21(24-14-6-7-15-27-5-2)25-18-22(12-16-28-17-13-22)19-8-10-20(26-3)11-9-19/h8-11H,4-7,12-18H2,1-3H3,(H2,23,24,25). The Morgan fingerprint density at radius 1 is 1.11 bits per heavy atom. The van der Waals surface area contributed by atoms with Gasteiger partial charge >= 0.3 is 0 Å². The van der Waals surface area contributed by atoms with Crippen LogP contribution in [0, 0.1) is 0 Å². The lowest BCUT2D eigenvalue weighted by atomic mass is 9.74. The van der Waals surface area contributed by atoms with Crippen LogP contribution in [0.4, 0.5) is 0 Å². The van der Waals surface area contributed by atoms with Crippen LogP contribution in [0.3, 0.4) is 0 Å². The van der Waals surface area contributed by atoms with Crippen LogP contribution in [0.5, 0.6) is 5.75 Å². The average Bonchev–Trinajstić information content (AvgIpc) is 2.75. The maximum absolute atomic E-state index is 5.64. The van der Waals surface area contributed by atoms with Gasteiger partial charge in [0.1, 0.15) is 5.75 Å². The van der Waals surface area contributed by atoms with Gasteiger partial charge in [0.25, 0.3) is 0 Å². The summed E-state index contributed by atoms with van der Waals surface area (Å²) in [4.78, 5) is 4.94. The van der Waals surface area contributed by atoms with Gasteiger partial charge in [0.15, 0.2) is 5.96 Å². The minimum atomic E-state index is 0.0157. The van der Waals surface area contributed by atoms with E-state index in [0.29, 0.717) is 0 Å². The summed E-state index contributed by atoms with van der Waals surface area (Å²) in [5.74, 6) is 1.77. The third-order valence-corrected chi connectivity index (χ3v) is 5.25. The van der Waals surface area contributed by atoms with Gasteiger partial charge in [0.05, 0.1) is 13.7 Å². The molecule has 28 heavy (non-hydrogen) atoms. The molecule has 0 saturated carbocycles. The van der Waals surface area contributed by atoms with E-state index in [-0.39, 0.29) is 5.41 Å². The summed E-state index contributed by atoms with van der Waals surface area (Å²) in [7, 11) is 1.70. The fourth-order valence-electron chi connectivity index (χ4n) is 3.50. The van der Waals surface area contributed by atoms with Gasteiger partial charge in [-0.15, -0.1) is 0 Å². The van der Waals surface area contributed by atoms with Gasteiger partial charge in [0.2, 0.25) is 0 Å². The normalized spacial score (nSPS) is 16.6. The van der Waals surface area contributed by atoms with Gasteiger partial charge < -0.3 is 24.8 Å². The highest BCUT2D eigenvalue weighted by Crippen LogP contribution is 2.36. The van der Waals surface area contributed by atoms with Crippen LogP contribution < -0.4 is 15.4 Å². The molecule has 1 heterocycles. The first-order chi connectivity index (χ1) is 13.7. The molecular formula is C22H37N3O3. The summed E-state index contributed by atoms with van der Waals surface area (Å²) >= 11 is 0. The van der Waals surface area contributed by atoms with Crippen molar-refractivity contribution >= 4 is 5.96 Å². The lowest BCUT2D eigenvalue weighted by Gasteiger charge is -2.36. The predicted molar refractivity (Wildman–Crippen MR) is 114 cm³/mol. The van der Waals surface area contributed by atoms with E-state index in [1.54, 1.807) is 7.11 Å². The summed E-state index contributed by atoms with van der Waals surface area (Å²) in [5.41, 5.74) is 1.33. The predicted octanol–water partition coefficient (Wildman–Crippen LogP) is 3.12. The Labute approximate surface area is 170 Å². The molecule has 0 unspecified atom stereocenters. The Hall–Kier alpha value is -1.79. The lowest BCUT2D eigenvalue weighted by Crippen LogP contribution is -2.41. The van der Waals surface area contributed by atoms with Gasteiger partial charge in [-0.25, -0.2) is 0 Å².